The first-order chi connectivity index (χ1) is 11.1. The first-order valence-corrected chi connectivity index (χ1v) is 7.82. The van der Waals surface area contributed by atoms with Gasteiger partial charge in [0.25, 0.3) is 11.5 Å². The van der Waals surface area contributed by atoms with Crippen molar-refractivity contribution in [2.24, 2.45) is 0 Å². The van der Waals surface area contributed by atoms with Crippen LogP contribution in [0.15, 0.2) is 29.3 Å². The Kier molecular flexibility index (Phi) is 4.29. The minimum absolute atomic E-state index is 0.0252. The predicted octanol–water partition coefficient (Wildman–Crippen LogP) is 0.925. The lowest BCUT2D eigenvalue weighted by Gasteiger charge is -2.40. The average Bonchev–Trinajstić information content (AvgIpc) is 3.08. The van der Waals surface area contributed by atoms with Crippen LogP contribution in [0.1, 0.15) is 34.8 Å². The SMILES string of the molecule is CCN1CCN(C(=O)c2ccc(C)[nH]c2=O)C[C@@H]1c1ncc[nH]1. The Hall–Kier alpha value is -2.41. The molecule has 0 aromatic carbocycles. The number of imidazole rings is 1. The average molecular weight is 315 g/mol. The Morgan fingerprint density at radius 3 is 2.87 bits per heavy atom. The van der Waals surface area contributed by atoms with Crippen LogP contribution < -0.4 is 5.56 Å². The van der Waals surface area contributed by atoms with Gasteiger partial charge in [0.1, 0.15) is 11.4 Å². The highest BCUT2D eigenvalue weighted by molar-refractivity contribution is 5.94. The normalized spacial score (nSPS) is 19.0. The number of aryl methyl sites for hydroxylation is 1. The summed E-state index contributed by atoms with van der Waals surface area (Å²) in [6.45, 7) is 6.67. The first kappa shape index (κ1) is 15.5. The standard InChI is InChI=1S/C16H21N5O2/c1-3-20-8-9-21(10-13(20)14-17-6-7-18-14)16(23)12-5-4-11(2)19-15(12)22/h4-7,13H,3,8-10H2,1-2H3,(H,17,18)(H,19,22)/t13-/m1/s1. The summed E-state index contributed by atoms with van der Waals surface area (Å²) in [5.74, 6) is 0.626. The van der Waals surface area contributed by atoms with E-state index in [1.54, 1.807) is 36.4 Å². The summed E-state index contributed by atoms with van der Waals surface area (Å²) >= 11 is 0. The van der Waals surface area contributed by atoms with Crippen molar-refractivity contribution < 1.29 is 4.79 Å². The Balaban J connectivity index is 1.83. The van der Waals surface area contributed by atoms with Gasteiger partial charge in [0, 0.05) is 37.7 Å². The number of hydrogen-bond donors (Lipinski definition) is 2. The van der Waals surface area contributed by atoms with E-state index in [0.29, 0.717) is 13.1 Å². The molecule has 2 aromatic heterocycles. The molecule has 1 saturated heterocycles. The third-order valence-electron chi connectivity index (χ3n) is 4.31. The monoisotopic (exact) mass is 315 g/mol. The molecule has 1 amide bonds. The number of nitrogens with one attached hydrogen (secondary N) is 2. The molecule has 3 rings (SSSR count). The number of piperazine rings is 1. The zero-order valence-electron chi connectivity index (χ0n) is 13.4. The molecule has 0 unspecified atom stereocenters. The number of pyridine rings is 1. The van der Waals surface area contributed by atoms with Gasteiger partial charge >= 0.3 is 0 Å². The number of amides is 1. The highest BCUT2D eigenvalue weighted by Crippen LogP contribution is 2.23. The number of rotatable bonds is 3. The zero-order valence-corrected chi connectivity index (χ0v) is 13.4. The van der Waals surface area contributed by atoms with E-state index in [1.165, 1.54) is 0 Å². The predicted molar refractivity (Wildman–Crippen MR) is 86.3 cm³/mol. The van der Waals surface area contributed by atoms with Gasteiger partial charge in [-0.2, -0.15) is 0 Å². The highest BCUT2D eigenvalue weighted by Gasteiger charge is 2.32. The van der Waals surface area contributed by atoms with Crippen LogP contribution in [0.5, 0.6) is 0 Å². The van der Waals surface area contributed by atoms with E-state index in [9.17, 15) is 9.59 Å². The molecule has 1 fully saturated rings. The van der Waals surface area contributed by atoms with E-state index in [0.717, 1.165) is 24.6 Å². The van der Waals surface area contributed by atoms with Gasteiger partial charge in [0.05, 0.1) is 6.04 Å². The number of aromatic nitrogens is 3. The van der Waals surface area contributed by atoms with Crippen LogP contribution in [0, 0.1) is 6.92 Å². The van der Waals surface area contributed by atoms with Crippen molar-refractivity contribution in [3.05, 3.63) is 52.0 Å². The second-order valence-corrected chi connectivity index (χ2v) is 5.75. The number of likely N-dealkylation sites (N-methyl/N-ethyl adjacent to an activating group) is 1. The Morgan fingerprint density at radius 2 is 2.22 bits per heavy atom. The third kappa shape index (κ3) is 3.05. The van der Waals surface area contributed by atoms with Gasteiger partial charge in [-0.3, -0.25) is 14.5 Å². The van der Waals surface area contributed by atoms with Gasteiger partial charge < -0.3 is 14.9 Å². The molecule has 2 aromatic rings. The van der Waals surface area contributed by atoms with E-state index >= 15 is 0 Å². The fourth-order valence-electron chi connectivity index (χ4n) is 3.01. The van der Waals surface area contributed by atoms with Crippen LogP contribution in [0.2, 0.25) is 0 Å². The van der Waals surface area contributed by atoms with Crippen LogP contribution in [0.4, 0.5) is 0 Å². The van der Waals surface area contributed by atoms with Crippen molar-refractivity contribution in [1.82, 2.24) is 24.8 Å². The summed E-state index contributed by atoms with van der Waals surface area (Å²) in [4.78, 5) is 38.9. The second kappa shape index (κ2) is 6.37. The summed E-state index contributed by atoms with van der Waals surface area (Å²) < 4.78 is 0. The fourth-order valence-corrected chi connectivity index (χ4v) is 3.01. The zero-order chi connectivity index (χ0) is 16.4. The molecular weight excluding hydrogens is 294 g/mol. The summed E-state index contributed by atoms with van der Waals surface area (Å²) in [7, 11) is 0. The van der Waals surface area contributed by atoms with E-state index < -0.39 is 0 Å². The molecule has 1 atom stereocenters. The number of aromatic amines is 2. The first-order valence-electron chi connectivity index (χ1n) is 7.82. The lowest BCUT2D eigenvalue weighted by atomic mass is 10.1. The van der Waals surface area contributed by atoms with E-state index in [2.05, 4.69) is 26.8 Å². The maximum atomic E-state index is 12.7. The Morgan fingerprint density at radius 1 is 1.39 bits per heavy atom. The minimum atomic E-state index is -0.331. The van der Waals surface area contributed by atoms with Gasteiger partial charge in [-0.25, -0.2) is 4.98 Å². The van der Waals surface area contributed by atoms with Crippen LogP contribution in [-0.2, 0) is 0 Å². The minimum Gasteiger partial charge on any atom is -0.347 e. The van der Waals surface area contributed by atoms with Crippen molar-refractivity contribution in [3.63, 3.8) is 0 Å². The maximum absolute atomic E-state index is 12.7. The number of hydrogen-bond acceptors (Lipinski definition) is 4. The molecule has 0 bridgehead atoms. The molecule has 23 heavy (non-hydrogen) atoms. The quantitative estimate of drug-likeness (QED) is 0.882. The van der Waals surface area contributed by atoms with Crippen LogP contribution in [0.25, 0.3) is 0 Å². The molecule has 122 valence electrons. The summed E-state index contributed by atoms with van der Waals surface area (Å²) in [6, 6.07) is 3.38. The van der Waals surface area contributed by atoms with Crippen LogP contribution in [0.3, 0.4) is 0 Å². The Labute approximate surface area is 134 Å². The van der Waals surface area contributed by atoms with E-state index in [4.69, 9.17) is 0 Å². The highest BCUT2D eigenvalue weighted by atomic mass is 16.2. The van der Waals surface area contributed by atoms with Crippen molar-refractivity contribution in [2.45, 2.75) is 19.9 Å². The molecule has 0 spiro atoms. The number of carbonyl (C=O) groups is 1. The van der Waals surface area contributed by atoms with Crippen molar-refractivity contribution in [1.29, 1.82) is 0 Å². The van der Waals surface area contributed by atoms with Gasteiger partial charge in [0.15, 0.2) is 0 Å². The Bertz CT molecular complexity index is 737. The molecule has 1 aliphatic rings. The van der Waals surface area contributed by atoms with Crippen molar-refractivity contribution in [3.8, 4) is 0 Å². The fraction of sp³-hybridized carbons (Fsp3) is 0.438. The number of H-pyrrole nitrogens is 2. The molecule has 7 heteroatoms. The smallest absolute Gasteiger partial charge is 0.260 e. The van der Waals surface area contributed by atoms with Gasteiger partial charge in [-0.1, -0.05) is 6.92 Å². The molecule has 2 N–H and O–H groups in total. The van der Waals surface area contributed by atoms with Crippen molar-refractivity contribution >= 4 is 5.91 Å². The molecule has 0 aliphatic carbocycles. The summed E-state index contributed by atoms with van der Waals surface area (Å²) in [5.41, 5.74) is 0.608. The molecule has 7 nitrogen and oxygen atoms in total. The van der Waals surface area contributed by atoms with E-state index in [-0.39, 0.29) is 23.1 Å². The van der Waals surface area contributed by atoms with Crippen LogP contribution >= 0.6 is 0 Å². The van der Waals surface area contributed by atoms with E-state index in [1.807, 2.05) is 0 Å². The van der Waals surface area contributed by atoms with Gasteiger partial charge in [0.2, 0.25) is 0 Å². The lowest BCUT2D eigenvalue weighted by molar-refractivity contribution is 0.0478. The molecule has 0 saturated carbocycles. The molecular formula is C16H21N5O2. The second-order valence-electron chi connectivity index (χ2n) is 5.75. The van der Waals surface area contributed by atoms with Crippen LogP contribution in [-0.4, -0.2) is 56.8 Å². The van der Waals surface area contributed by atoms with Crippen molar-refractivity contribution in [2.75, 3.05) is 26.2 Å². The lowest BCUT2D eigenvalue weighted by Crippen LogP contribution is -2.51. The topological polar surface area (TPSA) is 85.1 Å². The largest absolute Gasteiger partial charge is 0.347 e. The number of carbonyl (C=O) groups excluding carboxylic acids is 1. The van der Waals surface area contributed by atoms with Gasteiger partial charge in [-0.05, 0) is 25.6 Å². The molecule has 3 heterocycles. The summed E-state index contributed by atoms with van der Waals surface area (Å²) in [6.07, 6.45) is 3.50. The van der Waals surface area contributed by atoms with Gasteiger partial charge in [-0.15, -0.1) is 0 Å². The maximum Gasteiger partial charge on any atom is 0.260 e. The number of nitrogens with zero attached hydrogens (tertiary/aromatic N) is 3. The summed E-state index contributed by atoms with van der Waals surface area (Å²) in [5, 5.41) is 0. The molecule has 0 radical (unpaired) electrons. The molecule has 1 aliphatic heterocycles. The third-order valence-corrected chi connectivity index (χ3v) is 4.31.